The summed E-state index contributed by atoms with van der Waals surface area (Å²) in [4.78, 5) is 0. The van der Waals surface area contributed by atoms with Gasteiger partial charge in [-0.25, -0.2) is 0 Å². The molecule has 96 heavy (non-hydrogen) atoms. The summed E-state index contributed by atoms with van der Waals surface area (Å²) in [5, 5.41) is 31.2. The van der Waals surface area contributed by atoms with Crippen LogP contribution in [0.4, 0.5) is 0 Å². The molecule has 0 heteroatoms. The third-order valence-corrected chi connectivity index (χ3v) is 19.2. The summed E-state index contributed by atoms with van der Waals surface area (Å²) in [7, 11) is 0. The number of benzene rings is 20. The highest BCUT2D eigenvalue weighted by molar-refractivity contribution is 6.20. The molecule has 0 aliphatic heterocycles. The molecule has 20 rings (SSSR count). The van der Waals surface area contributed by atoms with Crippen LogP contribution < -0.4 is 0 Å². The first-order chi connectivity index (χ1) is 47.6. The van der Waals surface area contributed by atoms with Crippen molar-refractivity contribution in [2.24, 2.45) is 0 Å². The van der Waals surface area contributed by atoms with Crippen LogP contribution in [0, 0.1) is 0 Å². The fraction of sp³-hybridized carbons (Fsp3) is 0. The van der Waals surface area contributed by atoms with Crippen LogP contribution in [0.3, 0.4) is 0 Å². The van der Waals surface area contributed by atoms with Gasteiger partial charge in [-0.2, -0.15) is 0 Å². The molecule has 20 aromatic carbocycles. The molecule has 0 radical (unpaired) electrons. The maximum atomic E-state index is 2.33. The summed E-state index contributed by atoms with van der Waals surface area (Å²) in [6.07, 6.45) is 0. The lowest BCUT2D eigenvalue weighted by molar-refractivity contribution is 1.68. The van der Waals surface area contributed by atoms with Crippen molar-refractivity contribution in [1.29, 1.82) is 0 Å². The van der Waals surface area contributed by atoms with E-state index in [1.807, 2.05) is 0 Å². The highest BCUT2D eigenvalue weighted by atomic mass is 14.2. The summed E-state index contributed by atoms with van der Waals surface area (Å²) >= 11 is 0. The largest absolute Gasteiger partial charge is 0.0622 e. The van der Waals surface area contributed by atoms with E-state index in [0.29, 0.717) is 0 Å². The van der Waals surface area contributed by atoms with Gasteiger partial charge in [-0.05, 0) is 247 Å². The first-order valence-corrected chi connectivity index (χ1v) is 33.2. The number of hydrogen-bond acceptors (Lipinski definition) is 0. The lowest BCUT2D eigenvalue weighted by Gasteiger charge is -2.13. The molecule has 448 valence electrons. The summed E-state index contributed by atoms with van der Waals surface area (Å²) in [5.41, 5.74) is 10.4. The fourth-order valence-electron chi connectivity index (χ4n) is 14.7. The number of hydrogen-bond donors (Lipinski definition) is 0. The maximum Gasteiger partial charge on any atom is -0.00266 e. The second-order valence-corrected chi connectivity index (χ2v) is 25.0. The van der Waals surface area contributed by atoms with Gasteiger partial charge in [-0.1, -0.05) is 315 Å². The van der Waals surface area contributed by atoms with Gasteiger partial charge in [0.25, 0.3) is 0 Å². The van der Waals surface area contributed by atoms with Gasteiger partial charge in [-0.15, -0.1) is 0 Å². The molecule has 20 aromatic rings. The minimum Gasteiger partial charge on any atom is -0.0622 e. The van der Waals surface area contributed by atoms with Gasteiger partial charge < -0.3 is 0 Å². The Morgan fingerprint density at radius 2 is 0.240 bits per heavy atom. The van der Waals surface area contributed by atoms with Crippen molar-refractivity contribution in [3.8, 4) is 44.5 Å². The molecule has 0 N–H and O–H groups in total. The van der Waals surface area contributed by atoms with Gasteiger partial charge in [0.2, 0.25) is 0 Å². The quantitative estimate of drug-likeness (QED) is 0.154. The Balaban J connectivity index is 0.0000000968. The molecular formula is C96H64. The highest BCUT2D eigenvalue weighted by Crippen LogP contribution is 2.43. The van der Waals surface area contributed by atoms with Crippen molar-refractivity contribution in [2.45, 2.75) is 0 Å². The molecule has 0 unspecified atom stereocenters. The standard InChI is InChI=1S/4C24H16/c4*1-2-8-17(9-3-1)24-22-13-7-6-12-20(22)15-21-14-18-10-4-5-11-19(18)16-23(21)24/h4*1-16H. The van der Waals surface area contributed by atoms with Crippen molar-refractivity contribution >= 4 is 129 Å². The average Bonchev–Trinajstić information content (AvgIpc) is 0.781. The van der Waals surface area contributed by atoms with E-state index in [2.05, 4.69) is 388 Å². The zero-order valence-corrected chi connectivity index (χ0v) is 53.0. The predicted molar refractivity (Wildman–Crippen MR) is 418 cm³/mol. The van der Waals surface area contributed by atoms with Crippen molar-refractivity contribution in [1.82, 2.24) is 0 Å². The van der Waals surface area contributed by atoms with Crippen molar-refractivity contribution in [2.75, 3.05) is 0 Å². The first kappa shape index (κ1) is 57.4. The minimum atomic E-state index is 1.27. The van der Waals surface area contributed by atoms with Gasteiger partial charge in [0.1, 0.15) is 0 Å². The van der Waals surface area contributed by atoms with E-state index in [1.54, 1.807) is 0 Å². The van der Waals surface area contributed by atoms with Crippen molar-refractivity contribution in [3.63, 3.8) is 0 Å². The second-order valence-electron chi connectivity index (χ2n) is 25.0. The van der Waals surface area contributed by atoms with Crippen LogP contribution >= 0.6 is 0 Å². The highest BCUT2D eigenvalue weighted by Gasteiger charge is 2.16. The summed E-state index contributed by atoms with van der Waals surface area (Å²) in [6.45, 7) is 0. The molecule has 0 saturated heterocycles. The lowest BCUT2D eigenvalue weighted by atomic mass is 9.90. The topological polar surface area (TPSA) is 0 Å². The Morgan fingerprint density at radius 3 is 0.438 bits per heavy atom. The van der Waals surface area contributed by atoms with Crippen LogP contribution in [-0.4, -0.2) is 0 Å². The normalized spacial score (nSPS) is 11.3. The van der Waals surface area contributed by atoms with Crippen LogP contribution in [0.1, 0.15) is 0 Å². The van der Waals surface area contributed by atoms with E-state index in [1.165, 1.54) is 174 Å². The van der Waals surface area contributed by atoms with Crippen LogP contribution in [0.25, 0.3) is 174 Å². The zero-order chi connectivity index (χ0) is 63.7. The molecular weight excluding hydrogens is 1150 g/mol. The van der Waals surface area contributed by atoms with Gasteiger partial charge >= 0.3 is 0 Å². The van der Waals surface area contributed by atoms with Crippen molar-refractivity contribution < 1.29 is 0 Å². The van der Waals surface area contributed by atoms with E-state index in [0.717, 1.165) is 0 Å². The van der Waals surface area contributed by atoms with E-state index < -0.39 is 0 Å². The summed E-state index contributed by atoms with van der Waals surface area (Å²) < 4.78 is 0. The van der Waals surface area contributed by atoms with Crippen molar-refractivity contribution in [3.05, 3.63) is 388 Å². The Hall–Kier alpha value is -12.5. The van der Waals surface area contributed by atoms with E-state index >= 15 is 0 Å². The van der Waals surface area contributed by atoms with Gasteiger partial charge in [0.15, 0.2) is 0 Å². The van der Waals surface area contributed by atoms with Crippen LogP contribution in [0.2, 0.25) is 0 Å². The predicted octanol–water partition coefficient (Wildman–Crippen LogP) is 27.3. The van der Waals surface area contributed by atoms with E-state index in [4.69, 9.17) is 0 Å². The molecule has 0 amide bonds. The third-order valence-electron chi connectivity index (χ3n) is 19.2. The molecule has 0 aliphatic rings. The zero-order valence-electron chi connectivity index (χ0n) is 53.0. The molecule has 0 aliphatic carbocycles. The summed E-state index contributed by atoms with van der Waals surface area (Å²) in [5.74, 6) is 0. The molecule has 0 nitrogen and oxygen atoms in total. The lowest BCUT2D eigenvalue weighted by Crippen LogP contribution is -1.86. The maximum absolute atomic E-state index is 2.33. The average molecular weight is 1220 g/mol. The first-order valence-electron chi connectivity index (χ1n) is 33.2. The Bertz CT molecular complexity index is 5490. The van der Waals surface area contributed by atoms with Crippen LogP contribution in [-0.2, 0) is 0 Å². The number of fused-ring (bicyclic) bond motifs is 12. The molecule has 0 spiro atoms. The van der Waals surface area contributed by atoms with Gasteiger partial charge in [-0.3, -0.25) is 0 Å². The van der Waals surface area contributed by atoms with E-state index in [9.17, 15) is 0 Å². The Kier molecular flexibility index (Phi) is 15.1. The Morgan fingerprint density at radius 1 is 0.0938 bits per heavy atom. The summed E-state index contributed by atoms with van der Waals surface area (Å²) in [6, 6.07) is 140. The monoisotopic (exact) mass is 1220 g/mol. The van der Waals surface area contributed by atoms with Gasteiger partial charge in [0, 0.05) is 0 Å². The SMILES string of the molecule is c1ccc(-c2c3ccccc3cc3cc4ccccc4cc23)cc1.c1ccc(-c2c3ccccc3cc3cc4ccccc4cc23)cc1.c1ccc(-c2c3ccccc3cc3cc4ccccc4cc23)cc1.c1ccc(-c2c3ccccc3cc3cc4ccccc4cc23)cc1. The molecule has 0 atom stereocenters. The molecule has 0 heterocycles. The van der Waals surface area contributed by atoms with E-state index in [-0.39, 0.29) is 0 Å². The molecule has 0 bridgehead atoms. The minimum absolute atomic E-state index is 1.27. The number of rotatable bonds is 4. The smallest absolute Gasteiger partial charge is 0.00266 e. The fourth-order valence-corrected chi connectivity index (χ4v) is 14.7. The van der Waals surface area contributed by atoms with Gasteiger partial charge in [0.05, 0.1) is 0 Å². The second kappa shape index (κ2) is 25.2. The molecule has 0 aromatic heterocycles. The van der Waals surface area contributed by atoms with Crippen LogP contribution in [0.5, 0.6) is 0 Å². The molecule has 0 saturated carbocycles. The van der Waals surface area contributed by atoms with Crippen LogP contribution in [0.15, 0.2) is 388 Å². The Labute approximate surface area is 558 Å². The molecule has 0 fully saturated rings. The third kappa shape index (κ3) is 11.0.